The number of benzene rings is 1. The average Bonchev–Trinajstić information content (AvgIpc) is 3.20. The predicted molar refractivity (Wildman–Crippen MR) is 105 cm³/mol. The molecule has 3 rings (SSSR count). The Hall–Kier alpha value is -2.44. The first kappa shape index (κ1) is 19.3. The molecule has 1 saturated heterocycles. The Morgan fingerprint density at radius 2 is 2.04 bits per heavy atom. The maximum atomic E-state index is 12.3. The van der Waals surface area contributed by atoms with E-state index in [-0.39, 0.29) is 23.1 Å². The predicted octanol–water partition coefficient (Wildman–Crippen LogP) is 2.31. The van der Waals surface area contributed by atoms with E-state index in [9.17, 15) is 9.59 Å². The van der Waals surface area contributed by atoms with Crippen LogP contribution in [0.25, 0.3) is 0 Å². The van der Waals surface area contributed by atoms with Gasteiger partial charge in [0.25, 0.3) is 11.5 Å². The van der Waals surface area contributed by atoms with Gasteiger partial charge >= 0.3 is 0 Å². The molecule has 2 N–H and O–H groups in total. The molecule has 2 aromatic rings. The minimum atomic E-state index is -0.354. The summed E-state index contributed by atoms with van der Waals surface area (Å²) in [7, 11) is 0. The third-order valence-corrected chi connectivity index (χ3v) is 4.82. The van der Waals surface area contributed by atoms with E-state index >= 15 is 0 Å². The molecule has 6 nitrogen and oxygen atoms in total. The van der Waals surface area contributed by atoms with Crippen molar-refractivity contribution in [2.45, 2.75) is 39.0 Å². The zero-order valence-electron chi connectivity index (χ0n) is 15.7. The van der Waals surface area contributed by atoms with Crippen LogP contribution in [0.3, 0.4) is 0 Å². The second-order valence-corrected chi connectivity index (χ2v) is 6.86. The number of hydrogen-bond donors (Lipinski definition) is 2. The fourth-order valence-electron chi connectivity index (χ4n) is 3.25. The molecule has 1 aromatic heterocycles. The highest BCUT2D eigenvalue weighted by Crippen LogP contribution is 2.11. The molecule has 27 heavy (non-hydrogen) atoms. The second-order valence-electron chi connectivity index (χ2n) is 6.86. The molecule has 0 saturated carbocycles. The van der Waals surface area contributed by atoms with E-state index in [1.54, 1.807) is 6.07 Å². The number of nitrogens with zero attached hydrogens (tertiary/aromatic N) is 1. The van der Waals surface area contributed by atoms with E-state index in [0.717, 1.165) is 38.2 Å². The quantitative estimate of drug-likeness (QED) is 0.749. The van der Waals surface area contributed by atoms with Crippen molar-refractivity contribution in [3.63, 3.8) is 0 Å². The molecule has 1 aromatic carbocycles. The van der Waals surface area contributed by atoms with Crippen molar-refractivity contribution in [1.82, 2.24) is 15.2 Å². The summed E-state index contributed by atoms with van der Waals surface area (Å²) in [6.45, 7) is 5.57. The Labute approximate surface area is 159 Å². The molecule has 2 heterocycles. The maximum absolute atomic E-state index is 12.3. The van der Waals surface area contributed by atoms with Gasteiger partial charge in [-0.25, -0.2) is 0 Å². The number of carbonyl (C=O) groups is 1. The van der Waals surface area contributed by atoms with Crippen molar-refractivity contribution in [1.29, 1.82) is 0 Å². The molecule has 0 bridgehead atoms. The monoisotopic (exact) mass is 369 g/mol. The topological polar surface area (TPSA) is 74.4 Å². The highest BCUT2D eigenvalue weighted by Gasteiger charge is 2.18. The third kappa shape index (κ3) is 5.52. The number of aromatic amines is 1. The molecule has 6 heteroatoms. The standard InChI is InChI=1S/C21H27N3O3/c1-2-24(14-16-7-4-3-5-8-16)15-17-10-11-19(21(26)23-17)20(25)22-13-18-9-6-12-27-18/h3-5,7-8,10-11,18H,2,6,9,12-15H2,1H3,(H,22,25)(H,23,26). The SMILES string of the molecule is CCN(Cc1ccccc1)Cc1ccc(C(=O)NCC2CCCO2)c(=O)[nH]1. The Morgan fingerprint density at radius 3 is 2.70 bits per heavy atom. The number of pyridine rings is 1. The lowest BCUT2D eigenvalue weighted by atomic mass is 10.2. The summed E-state index contributed by atoms with van der Waals surface area (Å²) in [6, 6.07) is 13.6. The van der Waals surface area contributed by atoms with Gasteiger partial charge in [0, 0.05) is 31.9 Å². The van der Waals surface area contributed by atoms with E-state index in [1.807, 2.05) is 24.3 Å². The van der Waals surface area contributed by atoms with Crippen molar-refractivity contribution in [3.8, 4) is 0 Å². The van der Waals surface area contributed by atoms with E-state index < -0.39 is 0 Å². The number of H-pyrrole nitrogens is 1. The molecule has 1 unspecified atom stereocenters. The number of aromatic nitrogens is 1. The van der Waals surface area contributed by atoms with E-state index in [1.165, 1.54) is 5.56 Å². The molecule has 1 amide bonds. The summed E-state index contributed by atoms with van der Waals surface area (Å²) in [5.41, 5.74) is 1.82. The first-order valence-corrected chi connectivity index (χ1v) is 9.54. The summed E-state index contributed by atoms with van der Waals surface area (Å²) in [6.07, 6.45) is 2.03. The zero-order chi connectivity index (χ0) is 19.1. The minimum absolute atomic E-state index is 0.0587. The van der Waals surface area contributed by atoms with Gasteiger partial charge in [-0.2, -0.15) is 0 Å². The van der Waals surface area contributed by atoms with Crippen molar-refractivity contribution in [3.05, 3.63) is 69.6 Å². The highest BCUT2D eigenvalue weighted by molar-refractivity contribution is 5.93. The van der Waals surface area contributed by atoms with Crippen molar-refractivity contribution >= 4 is 5.91 Å². The van der Waals surface area contributed by atoms with Gasteiger partial charge in [0.2, 0.25) is 0 Å². The van der Waals surface area contributed by atoms with Crippen LogP contribution in [0.1, 0.15) is 41.4 Å². The number of hydrogen-bond acceptors (Lipinski definition) is 4. The molecule has 0 aliphatic carbocycles. The third-order valence-electron chi connectivity index (χ3n) is 4.82. The van der Waals surface area contributed by atoms with Gasteiger partial charge in [0.1, 0.15) is 5.56 Å². The zero-order valence-corrected chi connectivity index (χ0v) is 15.7. The van der Waals surface area contributed by atoms with Crippen LogP contribution in [-0.4, -0.2) is 41.6 Å². The van der Waals surface area contributed by atoms with E-state index in [2.05, 4.69) is 34.3 Å². The van der Waals surface area contributed by atoms with Gasteiger partial charge in [-0.05, 0) is 37.1 Å². The maximum Gasteiger partial charge on any atom is 0.261 e. The average molecular weight is 369 g/mol. The first-order valence-electron chi connectivity index (χ1n) is 9.54. The molecular weight excluding hydrogens is 342 g/mol. The van der Waals surface area contributed by atoms with Crippen LogP contribution in [0.15, 0.2) is 47.3 Å². The summed E-state index contributed by atoms with van der Waals surface area (Å²) in [5, 5.41) is 2.79. The minimum Gasteiger partial charge on any atom is -0.376 e. The van der Waals surface area contributed by atoms with Gasteiger partial charge in [-0.15, -0.1) is 0 Å². The Bertz CT molecular complexity index is 798. The molecule has 144 valence electrons. The molecule has 0 radical (unpaired) electrons. The Balaban J connectivity index is 1.59. The fraction of sp³-hybridized carbons (Fsp3) is 0.429. The Morgan fingerprint density at radius 1 is 1.22 bits per heavy atom. The molecule has 1 atom stereocenters. The Kier molecular flexibility index (Phi) is 6.79. The van der Waals surface area contributed by atoms with Crippen LogP contribution in [-0.2, 0) is 17.8 Å². The summed E-state index contributed by atoms with van der Waals surface area (Å²) >= 11 is 0. The fourth-order valence-corrected chi connectivity index (χ4v) is 3.25. The largest absolute Gasteiger partial charge is 0.376 e. The number of ether oxygens (including phenoxy) is 1. The molecular formula is C21H27N3O3. The smallest absolute Gasteiger partial charge is 0.261 e. The van der Waals surface area contributed by atoms with Gasteiger partial charge in [-0.1, -0.05) is 37.3 Å². The van der Waals surface area contributed by atoms with Gasteiger partial charge < -0.3 is 15.0 Å². The lowest BCUT2D eigenvalue weighted by molar-refractivity contribution is 0.0856. The van der Waals surface area contributed by atoms with E-state index in [0.29, 0.717) is 13.1 Å². The van der Waals surface area contributed by atoms with E-state index in [4.69, 9.17) is 4.74 Å². The van der Waals surface area contributed by atoms with Crippen LogP contribution in [0.4, 0.5) is 0 Å². The number of carbonyl (C=O) groups excluding carboxylic acids is 1. The molecule has 0 spiro atoms. The first-order chi connectivity index (χ1) is 13.2. The number of amides is 1. The van der Waals surface area contributed by atoms with Crippen LogP contribution < -0.4 is 10.9 Å². The second kappa shape index (κ2) is 9.48. The highest BCUT2D eigenvalue weighted by atomic mass is 16.5. The van der Waals surface area contributed by atoms with Gasteiger partial charge in [-0.3, -0.25) is 14.5 Å². The summed E-state index contributed by atoms with van der Waals surface area (Å²) in [4.78, 5) is 29.7. The van der Waals surface area contributed by atoms with Crippen molar-refractivity contribution in [2.24, 2.45) is 0 Å². The molecule has 1 aliphatic heterocycles. The van der Waals surface area contributed by atoms with Crippen LogP contribution in [0, 0.1) is 0 Å². The molecule has 1 fully saturated rings. The lowest BCUT2D eigenvalue weighted by Crippen LogP contribution is -2.35. The summed E-state index contributed by atoms with van der Waals surface area (Å²) in [5.74, 6) is -0.352. The van der Waals surface area contributed by atoms with Crippen molar-refractivity contribution in [2.75, 3.05) is 19.7 Å². The number of nitrogens with one attached hydrogen (secondary N) is 2. The van der Waals surface area contributed by atoms with Crippen molar-refractivity contribution < 1.29 is 9.53 Å². The van der Waals surface area contributed by atoms with Crippen LogP contribution >= 0.6 is 0 Å². The number of rotatable bonds is 8. The van der Waals surface area contributed by atoms with Crippen LogP contribution in [0.2, 0.25) is 0 Å². The summed E-state index contributed by atoms with van der Waals surface area (Å²) < 4.78 is 5.49. The lowest BCUT2D eigenvalue weighted by Gasteiger charge is -2.20. The van der Waals surface area contributed by atoms with Gasteiger partial charge in [0.05, 0.1) is 6.10 Å². The van der Waals surface area contributed by atoms with Crippen LogP contribution in [0.5, 0.6) is 0 Å². The molecule has 1 aliphatic rings. The van der Waals surface area contributed by atoms with Gasteiger partial charge in [0.15, 0.2) is 0 Å². The normalized spacial score (nSPS) is 16.6.